The quantitative estimate of drug-likeness (QED) is 0.607. The minimum atomic E-state index is 0.321. The smallest absolute Gasteiger partial charge is 0.172 e. The first-order valence-electron chi connectivity index (χ1n) is 4.29. The van der Waals surface area contributed by atoms with Gasteiger partial charge in [-0.05, 0) is 52.1 Å². The van der Waals surface area contributed by atoms with Gasteiger partial charge in [-0.15, -0.1) is 0 Å². The van der Waals surface area contributed by atoms with E-state index in [1.165, 1.54) is 0 Å². The topological polar surface area (TPSA) is 36.1 Å². The van der Waals surface area contributed by atoms with Crippen molar-refractivity contribution in [2.75, 3.05) is 0 Å². The highest BCUT2D eigenvalue weighted by molar-refractivity contribution is 7.81. The summed E-state index contributed by atoms with van der Waals surface area (Å²) in [6.45, 7) is 8.08. The van der Waals surface area contributed by atoms with Crippen LogP contribution in [0.3, 0.4) is 0 Å². The molecule has 3 nitrogen and oxygen atoms in total. The molecule has 0 aliphatic heterocycles. The highest BCUT2D eigenvalue weighted by atomic mass is 32.1. The van der Waals surface area contributed by atoms with Gasteiger partial charge in [0.05, 0.1) is 0 Å². The van der Waals surface area contributed by atoms with Crippen molar-refractivity contribution in [3.05, 3.63) is 0 Å². The highest BCUT2D eigenvalue weighted by Gasteiger charge is 2.01. The Kier molecular flexibility index (Phi) is 5.90. The van der Waals surface area contributed by atoms with Crippen LogP contribution in [0.2, 0.25) is 0 Å². The van der Waals surface area contributed by atoms with Gasteiger partial charge in [0.25, 0.3) is 0 Å². The van der Waals surface area contributed by atoms with Crippen molar-refractivity contribution in [3.8, 4) is 0 Å². The summed E-state index contributed by atoms with van der Waals surface area (Å²) in [6, 6.07) is 0.642. The molecule has 5 heteroatoms. The first-order chi connectivity index (χ1) is 5.91. The third kappa shape index (κ3) is 7.93. The third-order valence-electron chi connectivity index (χ3n) is 1.07. The second-order valence-electron chi connectivity index (χ2n) is 3.38. The average molecular weight is 219 g/mol. The molecular weight excluding hydrogens is 202 g/mol. The van der Waals surface area contributed by atoms with Gasteiger partial charge in [0, 0.05) is 12.1 Å². The van der Waals surface area contributed by atoms with Gasteiger partial charge in [0.15, 0.2) is 10.2 Å². The zero-order valence-electron chi connectivity index (χ0n) is 8.47. The zero-order valence-corrected chi connectivity index (χ0v) is 10.1. The molecule has 0 rings (SSSR count). The molecule has 3 N–H and O–H groups in total. The van der Waals surface area contributed by atoms with Gasteiger partial charge in [0.1, 0.15) is 0 Å². The number of hydrogen-bond donors (Lipinski definition) is 3. The van der Waals surface area contributed by atoms with Crippen LogP contribution in [0, 0.1) is 0 Å². The molecule has 0 amide bonds. The van der Waals surface area contributed by atoms with E-state index in [9.17, 15) is 0 Å². The molecule has 0 bridgehead atoms. The molecule has 13 heavy (non-hydrogen) atoms. The number of nitrogens with one attached hydrogen (secondary N) is 3. The average Bonchev–Trinajstić information content (AvgIpc) is 1.80. The Bertz CT molecular complexity index is 170. The first kappa shape index (κ1) is 12.6. The number of hydrogen-bond acceptors (Lipinski definition) is 2. The maximum Gasteiger partial charge on any atom is 0.172 e. The lowest BCUT2D eigenvalue weighted by atomic mass is 10.4. The predicted molar refractivity (Wildman–Crippen MR) is 64.9 cm³/mol. The van der Waals surface area contributed by atoms with Crippen LogP contribution >= 0.6 is 24.4 Å². The Morgan fingerprint density at radius 2 is 1.15 bits per heavy atom. The molecule has 0 atom stereocenters. The number of thiocarbonyl (C=S) groups is 2. The van der Waals surface area contributed by atoms with E-state index in [0.29, 0.717) is 22.3 Å². The summed E-state index contributed by atoms with van der Waals surface area (Å²) in [5.74, 6) is 0. The van der Waals surface area contributed by atoms with Crippen molar-refractivity contribution in [2.24, 2.45) is 0 Å². The Labute approximate surface area is 90.7 Å². The molecule has 0 heterocycles. The third-order valence-corrected chi connectivity index (χ3v) is 1.51. The van der Waals surface area contributed by atoms with Crippen molar-refractivity contribution < 1.29 is 0 Å². The zero-order chi connectivity index (χ0) is 10.4. The van der Waals surface area contributed by atoms with Crippen LogP contribution in [0.5, 0.6) is 0 Å². The lowest BCUT2D eigenvalue weighted by Gasteiger charge is -2.16. The second kappa shape index (κ2) is 6.10. The van der Waals surface area contributed by atoms with Gasteiger partial charge in [0.2, 0.25) is 0 Å². The molecule has 0 aromatic rings. The fraction of sp³-hybridized carbons (Fsp3) is 0.750. The summed E-state index contributed by atoms with van der Waals surface area (Å²) >= 11 is 10.0. The van der Waals surface area contributed by atoms with Gasteiger partial charge in [-0.1, -0.05) is 0 Å². The molecule has 0 aliphatic carbocycles. The van der Waals surface area contributed by atoms with E-state index < -0.39 is 0 Å². The van der Waals surface area contributed by atoms with Crippen LogP contribution < -0.4 is 16.0 Å². The Hall–Kier alpha value is -0.420. The maximum absolute atomic E-state index is 5.01. The van der Waals surface area contributed by atoms with Gasteiger partial charge in [-0.3, -0.25) is 0 Å². The molecule has 0 saturated heterocycles. The van der Waals surface area contributed by atoms with Crippen molar-refractivity contribution in [3.63, 3.8) is 0 Å². The van der Waals surface area contributed by atoms with E-state index in [0.717, 1.165) is 0 Å². The van der Waals surface area contributed by atoms with Crippen molar-refractivity contribution in [2.45, 2.75) is 39.8 Å². The molecule has 0 fully saturated rings. The Balaban J connectivity index is 3.72. The van der Waals surface area contributed by atoms with E-state index in [4.69, 9.17) is 24.4 Å². The van der Waals surface area contributed by atoms with E-state index in [-0.39, 0.29) is 0 Å². The van der Waals surface area contributed by atoms with Crippen molar-refractivity contribution >= 4 is 34.7 Å². The van der Waals surface area contributed by atoms with Crippen LogP contribution in [0.1, 0.15) is 27.7 Å². The Morgan fingerprint density at radius 3 is 1.38 bits per heavy atom. The molecular formula is C8H17N3S2. The Morgan fingerprint density at radius 1 is 0.846 bits per heavy atom. The largest absolute Gasteiger partial charge is 0.360 e. The molecule has 0 aromatic carbocycles. The van der Waals surface area contributed by atoms with Gasteiger partial charge >= 0.3 is 0 Å². The fourth-order valence-electron chi connectivity index (χ4n) is 0.700. The standard InChI is InChI=1S/C8H17N3S2/c1-5(2)9-7(12)11-8(13)10-6(3)4/h5-6H,1-4H3,(H3,9,10,11,12,13). The number of rotatable bonds is 2. The summed E-state index contributed by atoms with van der Waals surface area (Å²) in [7, 11) is 0. The molecule has 0 radical (unpaired) electrons. The SMILES string of the molecule is CC(C)NC(=S)NC(=S)NC(C)C. The van der Waals surface area contributed by atoms with Crippen molar-refractivity contribution in [1.29, 1.82) is 0 Å². The fourth-order valence-corrected chi connectivity index (χ4v) is 1.44. The predicted octanol–water partition coefficient (Wildman–Crippen LogP) is 1.14. The lowest BCUT2D eigenvalue weighted by Crippen LogP contribution is -2.48. The van der Waals surface area contributed by atoms with Gasteiger partial charge in [-0.25, -0.2) is 0 Å². The summed E-state index contributed by atoms with van der Waals surface area (Å²) in [6.07, 6.45) is 0. The molecule has 0 unspecified atom stereocenters. The molecule has 0 aromatic heterocycles. The van der Waals surface area contributed by atoms with E-state index in [1.54, 1.807) is 0 Å². The molecule has 0 aliphatic rings. The first-order valence-corrected chi connectivity index (χ1v) is 5.11. The molecule has 76 valence electrons. The van der Waals surface area contributed by atoms with E-state index in [2.05, 4.69) is 16.0 Å². The molecule has 0 saturated carbocycles. The monoisotopic (exact) mass is 219 g/mol. The van der Waals surface area contributed by atoms with Gasteiger partial charge < -0.3 is 16.0 Å². The highest BCUT2D eigenvalue weighted by Crippen LogP contribution is 1.80. The summed E-state index contributed by atoms with van der Waals surface area (Å²) in [5.41, 5.74) is 0. The summed E-state index contributed by atoms with van der Waals surface area (Å²) < 4.78 is 0. The minimum Gasteiger partial charge on any atom is -0.360 e. The van der Waals surface area contributed by atoms with Crippen LogP contribution in [-0.4, -0.2) is 22.3 Å². The second-order valence-corrected chi connectivity index (χ2v) is 4.20. The maximum atomic E-state index is 5.01. The molecule has 0 spiro atoms. The minimum absolute atomic E-state index is 0.321. The van der Waals surface area contributed by atoms with Crippen LogP contribution in [-0.2, 0) is 0 Å². The van der Waals surface area contributed by atoms with E-state index >= 15 is 0 Å². The van der Waals surface area contributed by atoms with Gasteiger partial charge in [-0.2, -0.15) is 0 Å². The van der Waals surface area contributed by atoms with Crippen LogP contribution in [0.25, 0.3) is 0 Å². The van der Waals surface area contributed by atoms with Crippen molar-refractivity contribution in [1.82, 2.24) is 16.0 Å². The van der Waals surface area contributed by atoms with Crippen LogP contribution in [0.15, 0.2) is 0 Å². The van der Waals surface area contributed by atoms with E-state index in [1.807, 2.05) is 27.7 Å². The van der Waals surface area contributed by atoms with Crippen LogP contribution in [0.4, 0.5) is 0 Å². The summed E-state index contributed by atoms with van der Waals surface area (Å²) in [4.78, 5) is 0. The normalized spacial score (nSPS) is 10.0. The summed E-state index contributed by atoms with van der Waals surface area (Å²) in [5, 5.41) is 10.1. The lowest BCUT2D eigenvalue weighted by molar-refractivity contribution is 0.714.